The lowest BCUT2D eigenvalue weighted by Gasteiger charge is -2.21. The Hall–Kier alpha value is -3.70. The van der Waals surface area contributed by atoms with Gasteiger partial charge in [0, 0.05) is 30.7 Å². The summed E-state index contributed by atoms with van der Waals surface area (Å²) in [6.07, 6.45) is 1.63. The van der Waals surface area contributed by atoms with Crippen LogP contribution in [-0.4, -0.2) is 57.0 Å². The number of nitrogens with one attached hydrogen (secondary N) is 1. The number of fused-ring (bicyclic) bond motifs is 2. The Kier molecular flexibility index (Phi) is 6.05. The Morgan fingerprint density at radius 2 is 2.00 bits per heavy atom. The number of ether oxygens (including phenoxy) is 3. The van der Waals surface area contributed by atoms with Gasteiger partial charge in [0.05, 0.1) is 38.0 Å². The summed E-state index contributed by atoms with van der Waals surface area (Å²) in [5.41, 5.74) is 1.15. The van der Waals surface area contributed by atoms with Crippen LogP contribution >= 0.6 is 0 Å². The van der Waals surface area contributed by atoms with Crippen LogP contribution in [0.15, 0.2) is 45.8 Å². The van der Waals surface area contributed by atoms with Gasteiger partial charge >= 0.3 is 0 Å². The van der Waals surface area contributed by atoms with E-state index in [4.69, 9.17) is 18.6 Å². The molecule has 1 N–H and O–H groups in total. The molecule has 5 rings (SSSR count). The number of hydrogen-bond acceptors (Lipinski definition) is 9. The fourth-order valence-electron chi connectivity index (χ4n) is 3.82. The highest BCUT2D eigenvalue weighted by Crippen LogP contribution is 2.33. The smallest absolute Gasteiger partial charge is 0.252 e. The maximum Gasteiger partial charge on any atom is 0.252 e. The topological polar surface area (TPSA) is 121 Å². The third kappa shape index (κ3) is 4.73. The van der Waals surface area contributed by atoms with E-state index in [0.29, 0.717) is 74.4 Å². The number of furan rings is 1. The molecule has 11 nitrogen and oxygen atoms in total. The quantitative estimate of drug-likeness (QED) is 0.405. The van der Waals surface area contributed by atoms with E-state index in [1.54, 1.807) is 24.1 Å². The number of tetrazole rings is 1. The number of aromatic amines is 1. The highest BCUT2D eigenvalue weighted by atomic mass is 16.6. The Morgan fingerprint density at radius 1 is 1.15 bits per heavy atom. The van der Waals surface area contributed by atoms with Crippen molar-refractivity contribution in [2.75, 3.05) is 26.9 Å². The van der Waals surface area contributed by atoms with Gasteiger partial charge in [-0.05, 0) is 34.7 Å². The fraction of sp³-hybridized carbons (Fsp3) is 0.364. The number of aromatic nitrogens is 5. The van der Waals surface area contributed by atoms with Crippen molar-refractivity contribution in [3.05, 3.63) is 64.1 Å². The molecular weight excluding hydrogens is 428 g/mol. The summed E-state index contributed by atoms with van der Waals surface area (Å²) < 4.78 is 23.7. The van der Waals surface area contributed by atoms with Crippen molar-refractivity contribution in [3.63, 3.8) is 0 Å². The molecule has 0 unspecified atom stereocenters. The molecule has 4 heterocycles. The standard InChI is InChI=1S/C22H24N6O5/c1-30-6-4-28-21(24-25-26-28)14-27(13-17-3-2-5-31-17)12-16-9-15-10-19-20(33-8-7-32-19)11-18(15)23-22(16)29/h2-3,5,9-11H,4,6-8,12-14H2,1H3,(H,23,29). The fourth-order valence-corrected chi connectivity index (χ4v) is 3.82. The minimum Gasteiger partial charge on any atom is -0.486 e. The molecule has 0 bridgehead atoms. The summed E-state index contributed by atoms with van der Waals surface area (Å²) in [7, 11) is 1.63. The Morgan fingerprint density at radius 3 is 2.79 bits per heavy atom. The second kappa shape index (κ2) is 9.43. The molecule has 0 aliphatic carbocycles. The van der Waals surface area contributed by atoms with Gasteiger partial charge in [-0.1, -0.05) is 0 Å². The van der Waals surface area contributed by atoms with Gasteiger partial charge in [-0.2, -0.15) is 0 Å². The molecule has 0 amide bonds. The molecule has 0 spiro atoms. The number of methoxy groups -OCH3 is 1. The largest absolute Gasteiger partial charge is 0.486 e. The van der Waals surface area contributed by atoms with Gasteiger partial charge in [0.2, 0.25) is 0 Å². The van der Waals surface area contributed by atoms with E-state index in [0.717, 1.165) is 11.1 Å². The number of benzene rings is 1. The Balaban J connectivity index is 1.44. The molecule has 0 radical (unpaired) electrons. The summed E-state index contributed by atoms with van der Waals surface area (Å²) in [6, 6.07) is 9.32. The van der Waals surface area contributed by atoms with Crippen molar-refractivity contribution < 1.29 is 18.6 Å². The van der Waals surface area contributed by atoms with E-state index in [1.807, 2.05) is 24.3 Å². The van der Waals surface area contributed by atoms with Crippen LogP contribution in [0, 0.1) is 0 Å². The molecule has 3 aromatic heterocycles. The lowest BCUT2D eigenvalue weighted by Crippen LogP contribution is -2.28. The van der Waals surface area contributed by atoms with E-state index in [2.05, 4.69) is 25.4 Å². The monoisotopic (exact) mass is 452 g/mol. The van der Waals surface area contributed by atoms with E-state index in [9.17, 15) is 4.79 Å². The highest BCUT2D eigenvalue weighted by molar-refractivity contribution is 5.83. The first-order valence-corrected chi connectivity index (χ1v) is 10.6. The number of hydrogen-bond donors (Lipinski definition) is 1. The number of rotatable bonds is 9. The van der Waals surface area contributed by atoms with Crippen LogP contribution in [0.2, 0.25) is 0 Å². The van der Waals surface area contributed by atoms with Crippen molar-refractivity contribution in [1.29, 1.82) is 0 Å². The lowest BCUT2D eigenvalue weighted by atomic mass is 10.1. The summed E-state index contributed by atoms with van der Waals surface area (Å²) in [5, 5.41) is 12.9. The number of nitrogens with zero attached hydrogens (tertiary/aromatic N) is 5. The average molecular weight is 452 g/mol. The lowest BCUT2D eigenvalue weighted by molar-refractivity contribution is 0.172. The predicted octanol–water partition coefficient (Wildman–Crippen LogP) is 1.73. The molecule has 172 valence electrons. The zero-order chi connectivity index (χ0) is 22.6. The Labute approximate surface area is 188 Å². The van der Waals surface area contributed by atoms with Gasteiger partial charge in [-0.3, -0.25) is 9.69 Å². The van der Waals surface area contributed by atoms with Crippen LogP contribution in [0.4, 0.5) is 0 Å². The van der Waals surface area contributed by atoms with Gasteiger partial charge < -0.3 is 23.6 Å². The van der Waals surface area contributed by atoms with Crippen LogP contribution in [-0.2, 0) is 30.9 Å². The molecule has 1 aliphatic rings. The molecule has 11 heteroatoms. The molecule has 33 heavy (non-hydrogen) atoms. The third-order valence-corrected chi connectivity index (χ3v) is 5.42. The van der Waals surface area contributed by atoms with Crippen molar-refractivity contribution in [2.45, 2.75) is 26.2 Å². The first-order valence-electron chi connectivity index (χ1n) is 10.6. The Bertz CT molecular complexity index is 1280. The first kappa shape index (κ1) is 21.2. The summed E-state index contributed by atoms with van der Waals surface area (Å²) in [6.45, 7) is 3.32. The average Bonchev–Trinajstić information content (AvgIpc) is 3.49. The van der Waals surface area contributed by atoms with Crippen LogP contribution in [0.1, 0.15) is 17.1 Å². The van der Waals surface area contributed by atoms with Gasteiger partial charge in [0.25, 0.3) is 5.56 Å². The maximum atomic E-state index is 12.9. The van der Waals surface area contributed by atoms with Crippen LogP contribution in [0.25, 0.3) is 10.9 Å². The predicted molar refractivity (Wildman–Crippen MR) is 117 cm³/mol. The minimum absolute atomic E-state index is 0.164. The van der Waals surface area contributed by atoms with Crippen LogP contribution in [0.3, 0.4) is 0 Å². The van der Waals surface area contributed by atoms with E-state index in [1.165, 1.54) is 0 Å². The molecule has 1 aliphatic heterocycles. The molecule has 0 saturated heterocycles. The SMILES string of the molecule is COCCn1nnnc1CN(Cc1ccco1)Cc1cc2cc3c(cc2[nH]c1=O)OCCO3. The highest BCUT2D eigenvalue weighted by Gasteiger charge is 2.18. The van der Waals surface area contributed by atoms with Gasteiger partial charge in [0.1, 0.15) is 19.0 Å². The third-order valence-electron chi connectivity index (χ3n) is 5.42. The van der Waals surface area contributed by atoms with E-state index >= 15 is 0 Å². The molecular formula is C22H24N6O5. The summed E-state index contributed by atoms with van der Waals surface area (Å²) in [4.78, 5) is 17.9. The first-order chi connectivity index (χ1) is 16.2. The van der Waals surface area contributed by atoms with Crippen molar-refractivity contribution >= 4 is 10.9 Å². The normalized spacial score (nSPS) is 13.2. The van der Waals surface area contributed by atoms with Crippen LogP contribution < -0.4 is 15.0 Å². The second-order valence-corrected chi connectivity index (χ2v) is 7.74. The van der Waals surface area contributed by atoms with Crippen molar-refractivity contribution in [1.82, 2.24) is 30.1 Å². The van der Waals surface area contributed by atoms with E-state index in [-0.39, 0.29) is 5.56 Å². The maximum absolute atomic E-state index is 12.9. The molecule has 0 atom stereocenters. The zero-order valence-corrected chi connectivity index (χ0v) is 18.2. The minimum atomic E-state index is -0.164. The summed E-state index contributed by atoms with van der Waals surface area (Å²) in [5.74, 6) is 2.77. The molecule has 4 aromatic rings. The zero-order valence-electron chi connectivity index (χ0n) is 18.2. The second-order valence-electron chi connectivity index (χ2n) is 7.74. The van der Waals surface area contributed by atoms with E-state index < -0.39 is 0 Å². The molecule has 0 fully saturated rings. The van der Waals surface area contributed by atoms with Crippen molar-refractivity contribution in [2.24, 2.45) is 0 Å². The van der Waals surface area contributed by atoms with Gasteiger partial charge in [0.15, 0.2) is 17.3 Å². The van der Waals surface area contributed by atoms with Crippen molar-refractivity contribution in [3.8, 4) is 11.5 Å². The van der Waals surface area contributed by atoms with Gasteiger partial charge in [-0.15, -0.1) is 5.10 Å². The summed E-state index contributed by atoms with van der Waals surface area (Å²) >= 11 is 0. The van der Waals surface area contributed by atoms with Gasteiger partial charge in [-0.25, -0.2) is 4.68 Å². The molecule has 1 aromatic carbocycles. The van der Waals surface area contributed by atoms with Crippen LogP contribution in [0.5, 0.6) is 11.5 Å². The molecule has 0 saturated carbocycles. The number of H-pyrrole nitrogens is 1. The number of pyridine rings is 1.